The van der Waals surface area contributed by atoms with Crippen LogP contribution in [0.15, 0.2) is 34.8 Å². The lowest BCUT2D eigenvalue weighted by molar-refractivity contribution is -0.123. The Morgan fingerprint density at radius 1 is 1.26 bits per heavy atom. The maximum Gasteiger partial charge on any atom is 0.265 e. The van der Waals surface area contributed by atoms with Crippen molar-refractivity contribution in [2.24, 2.45) is 0 Å². The fourth-order valence-electron chi connectivity index (χ4n) is 2.64. The third-order valence-electron chi connectivity index (χ3n) is 3.91. The van der Waals surface area contributed by atoms with Crippen LogP contribution in [0.2, 0.25) is 5.02 Å². The van der Waals surface area contributed by atoms with Crippen LogP contribution in [0.4, 0.5) is 11.4 Å². The molecule has 2 aromatic carbocycles. The van der Waals surface area contributed by atoms with E-state index in [2.05, 4.69) is 21.2 Å². The maximum absolute atomic E-state index is 12.6. The maximum atomic E-state index is 12.6. The summed E-state index contributed by atoms with van der Waals surface area (Å²) >= 11 is 9.43. The van der Waals surface area contributed by atoms with Gasteiger partial charge in [-0.25, -0.2) is 0 Å². The average molecular weight is 456 g/mol. The summed E-state index contributed by atoms with van der Waals surface area (Å²) in [7, 11) is 2.94. The van der Waals surface area contributed by atoms with Crippen LogP contribution in [-0.2, 0) is 9.59 Å². The zero-order valence-corrected chi connectivity index (χ0v) is 16.9. The van der Waals surface area contributed by atoms with Crippen molar-refractivity contribution in [1.82, 2.24) is 0 Å². The van der Waals surface area contributed by atoms with E-state index in [0.29, 0.717) is 33.6 Å². The third kappa shape index (κ3) is 4.12. The summed E-state index contributed by atoms with van der Waals surface area (Å²) < 4.78 is 16.7. The number of benzene rings is 2. The highest BCUT2D eigenvalue weighted by atomic mass is 79.9. The van der Waals surface area contributed by atoms with Gasteiger partial charge in [0.2, 0.25) is 5.91 Å². The standard InChI is InChI=1S/C18H16BrClN2O5/c1-25-14-7-12(15(26-2)6-11(14)20)21-17(23)8-22-13-4-3-10(19)5-16(13)27-9-18(22)24/h3-7H,8-9H2,1-2H3,(H,21,23). The Labute approximate surface area is 169 Å². The Hall–Kier alpha value is -2.45. The average Bonchev–Trinajstić information content (AvgIpc) is 2.65. The van der Waals surface area contributed by atoms with Crippen LogP contribution in [0.25, 0.3) is 0 Å². The highest BCUT2D eigenvalue weighted by Crippen LogP contribution is 2.37. The number of anilines is 2. The number of nitrogens with zero attached hydrogens (tertiary/aromatic N) is 1. The molecule has 0 saturated heterocycles. The lowest BCUT2D eigenvalue weighted by Crippen LogP contribution is -2.43. The molecule has 142 valence electrons. The molecule has 0 aliphatic carbocycles. The van der Waals surface area contributed by atoms with Gasteiger partial charge in [-0.05, 0) is 18.2 Å². The van der Waals surface area contributed by atoms with Crippen LogP contribution in [0.3, 0.4) is 0 Å². The van der Waals surface area contributed by atoms with E-state index >= 15 is 0 Å². The van der Waals surface area contributed by atoms with Crippen molar-refractivity contribution in [1.29, 1.82) is 0 Å². The van der Waals surface area contributed by atoms with E-state index in [1.807, 2.05) is 0 Å². The van der Waals surface area contributed by atoms with Gasteiger partial charge in [-0.3, -0.25) is 14.5 Å². The molecule has 7 nitrogen and oxygen atoms in total. The predicted octanol–water partition coefficient (Wildman–Crippen LogP) is 3.48. The molecule has 0 spiro atoms. The number of carbonyl (C=O) groups is 2. The van der Waals surface area contributed by atoms with Crippen molar-refractivity contribution in [2.75, 3.05) is 37.6 Å². The van der Waals surface area contributed by atoms with Crippen LogP contribution in [0.5, 0.6) is 17.2 Å². The van der Waals surface area contributed by atoms with Gasteiger partial charge in [-0.1, -0.05) is 27.5 Å². The molecule has 1 aliphatic heterocycles. The second-order valence-electron chi connectivity index (χ2n) is 5.62. The number of hydrogen-bond donors (Lipinski definition) is 1. The molecule has 9 heteroatoms. The van der Waals surface area contributed by atoms with Crippen molar-refractivity contribution in [3.63, 3.8) is 0 Å². The number of nitrogens with one attached hydrogen (secondary N) is 1. The van der Waals surface area contributed by atoms with Gasteiger partial charge in [0.1, 0.15) is 23.8 Å². The first kappa shape index (κ1) is 19.3. The van der Waals surface area contributed by atoms with Gasteiger partial charge in [0.15, 0.2) is 6.61 Å². The van der Waals surface area contributed by atoms with Gasteiger partial charge in [0.05, 0.1) is 30.6 Å². The Morgan fingerprint density at radius 2 is 2.00 bits per heavy atom. The van der Waals surface area contributed by atoms with Crippen LogP contribution >= 0.6 is 27.5 Å². The summed E-state index contributed by atoms with van der Waals surface area (Å²) in [6.07, 6.45) is 0. The molecule has 3 rings (SSSR count). The fourth-order valence-corrected chi connectivity index (χ4v) is 3.21. The molecule has 27 heavy (non-hydrogen) atoms. The first-order valence-electron chi connectivity index (χ1n) is 7.87. The van der Waals surface area contributed by atoms with Gasteiger partial charge in [-0.2, -0.15) is 0 Å². The number of carbonyl (C=O) groups excluding carboxylic acids is 2. The number of methoxy groups -OCH3 is 2. The second-order valence-corrected chi connectivity index (χ2v) is 6.94. The minimum absolute atomic E-state index is 0.130. The number of ether oxygens (including phenoxy) is 3. The Balaban J connectivity index is 1.82. The lowest BCUT2D eigenvalue weighted by atomic mass is 10.2. The number of rotatable bonds is 5. The van der Waals surface area contributed by atoms with E-state index in [1.54, 1.807) is 30.3 Å². The minimum atomic E-state index is -0.401. The first-order chi connectivity index (χ1) is 12.9. The Bertz CT molecular complexity index is 906. The summed E-state index contributed by atoms with van der Waals surface area (Å²) in [5.41, 5.74) is 0.922. The molecular weight excluding hydrogens is 440 g/mol. The minimum Gasteiger partial charge on any atom is -0.495 e. The Morgan fingerprint density at radius 3 is 2.70 bits per heavy atom. The first-order valence-corrected chi connectivity index (χ1v) is 9.04. The van der Waals surface area contributed by atoms with Gasteiger partial charge < -0.3 is 19.5 Å². The molecule has 0 saturated carbocycles. The van der Waals surface area contributed by atoms with Crippen LogP contribution in [0.1, 0.15) is 0 Å². The molecule has 0 fully saturated rings. The fraction of sp³-hybridized carbons (Fsp3) is 0.222. The second kappa shape index (κ2) is 8.06. The quantitative estimate of drug-likeness (QED) is 0.747. The van der Waals surface area contributed by atoms with Crippen LogP contribution < -0.4 is 24.4 Å². The SMILES string of the molecule is COc1cc(NC(=O)CN2C(=O)COc3cc(Br)ccc32)c(OC)cc1Cl. The number of amides is 2. The summed E-state index contributed by atoms with van der Waals surface area (Å²) in [6, 6.07) is 8.35. The number of halogens is 2. The summed E-state index contributed by atoms with van der Waals surface area (Å²) in [6.45, 7) is -0.306. The summed E-state index contributed by atoms with van der Waals surface area (Å²) in [5.74, 6) is 0.599. The molecule has 1 N–H and O–H groups in total. The van der Waals surface area contributed by atoms with Crippen molar-refractivity contribution in [2.45, 2.75) is 0 Å². The topological polar surface area (TPSA) is 77.1 Å². The highest BCUT2D eigenvalue weighted by Gasteiger charge is 2.27. The van der Waals surface area contributed by atoms with Gasteiger partial charge >= 0.3 is 0 Å². The zero-order chi connectivity index (χ0) is 19.6. The van der Waals surface area contributed by atoms with Crippen LogP contribution in [0, 0.1) is 0 Å². The molecule has 0 bridgehead atoms. The summed E-state index contributed by atoms with van der Waals surface area (Å²) in [5, 5.41) is 3.08. The molecule has 0 aromatic heterocycles. The van der Waals surface area contributed by atoms with Crippen molar-refractivity contribution in [3.8, 4) is 17.2 Å². The van der Waals surface area contributed by atoms with E-state index in [1.165, 1.54) is 19.1 Å². The van der Waals surface area contributed by atoms with E-state index in [0.717, 1.165) is 4.47 Å². The number of hydrogen-bond acceptors (Lipinski definition) is 5. The molecule has 0 atom stereocenters. The molecule has 2 aromatic rings. The molecular formula is C18H16BrClN2O5. The van der Waals surface area contributed by atoms with E-state index in [-0.39, 0.29) is 19.1 Å². The molecule has 0 radical (unpaired) electrons. The van der Waals surface area contributed by atoms with Crippen molar-refractivity contribution >= 4 is 50.7 Å². The van der Waals surface area contributed by atoms with E-state index in [9.17, 15) is 9.59 Å². The third-order valence-corrected chi connectivity index (χ3v) is 4.70. The molecule has 2 amide bonds. The molecule has 1 heterocycles. The highest BCUT2D eigenvalue weighted by molar-refractivity contribution is 9.10. The molecule has 0 unspecified atom stereocenters. The van der Waals surface area contributed by atoms with Gasteiger partial charge in [0.25, 0.3) is 5.91 Å². The van der Waals surface area contributed by atoms with Gasteiger partial charge in [0, 0.05) is 16.6 Å². The van der Waals surface area contributed by atoms with Crippen molar-refractivity contribution < 1.29 is 23.8 Å². The summed E-state index contributed by atoms with van der Waals surface area (Å²) in [4.78, 5) is 26.2. The largest absolute Gasteiger partial charge is 0.495 e. The zero-order valence-electron chi connectivity index (χ0n) is 14.5. The lowest BCUT2D eigenvalue weighted by Gasteiger charge is -2.29. The molecule has 1 aliphatic rings. The monoisotopic (exact) mass is 454 g/mol. The number of fused-ring (bicyclic) bond motifs is 1. The normalized spacial score (nSPS) is 12.9. The van der Waals surface area contributed by atoms with Crippen LogP contribution in [-0.4, -0.2) is 39.2 Å². The Kier molecular flexibility index (Phi) is 5.76. The smallest absolute Gasteiger partial charge is 0.265 e. The van der Waals surface area contributed by atoms with E-state index in [4.69, 9.17) is 25.8 Å². The van der Waals surface area contributed by atoms with Crippen molar-refractivity contribution in [3.05, 3.63) is 39.8 Å². The van der Waals surface area contributed by atoms with E-state index < -0.39 is 5.91 Å². The van der Waals surface area contributed by atoms with Gasteiger partial charge in [-0.15, -0.1) is 0 Å². The predicted molar refractivity (Wildman–Crippen MR) is 105 cm³/mol.